The number of amides is 1. The minimum Gasteiger partial charge on any atom is -0.373 e. The lowest BCUT2D eigenvalue weighted by Crippen LogP contribution is -2.52. The smallest absolute Gasteiger partial charge is 0.373 e. The van der Waals surface area contributed by atoms with Crippen LogP contribution in [0.25, 0.3) is 10.2 Å². The molecule has 0 radical (unpaired) electrons. The van der Waals surface area contributed by atoms with Crippen molar-refractivity contribution in [3.8, 4) is 0 Å². The second-order valence-corrected chi connectivity index (χ2v) is 8.47. The molecular formula is C17H12ClF3N2O2S2. The molecule has 3 rings (SSSR count). The fourth-order valence-corrected chi connectivity index (χ4v) is 4.40. The lowest BCUT2D eigenvalue weighted by Gasteiger charge is -2.25. The van der Waals surface area contributed by atoms with E-state index in [0.29, 0.717) is 11.8 Å². The number of rotatable bonds is 4. The van der Waals surface area contributed by atoms with E-state index in [1.807, 2.05) is 29.6 Å². The molecule has 1 heterocycles. The number of nitrogens with zero attached hydrogens (tertiary/aromatic N) is 1. The monoisotopic (exact) mass is 432 g/mol. The summed E-state index contributed by atoms with van der Waals surface area (Å²) in [5.74, 6) is -1.61. The molecule has 0 saturated carbocycles. The van der Waals surface area contributed by atoms with Gasteiger partial charge >= 0.3 is 6.18 Å². The summed E-state index contributed by atoms with van der Waals surface area (Å²) in [4.78, 5) is 16.9. The van der Waals surface area contributed by atoms with E-state index < -0.39 is 17.7 Å². The number of aliphatic hydroxyl groups is 1. The van der Waals surface area contributed by atoms with Crippen molar-refractivity contribution in [1.29, 1.82) is 0 Å². The molecule has 0 saturated heterocycles. The van der Waals surface area contributed by atoms with Crippen molar-refractivity contribution in [1.82, 2.24) is 4.98 Å². The van der Waals surface area contributed by atoms with Crippen LogP contribution >= 0.6 is 34.7 Å². The Labute approximate surface area is 165 Å². The standard InChI is InChI=1S/C17H12ClF3N2O2S2/c1-16(25,17(19,20)21)14(24)22-11-7-6-9(8-10(11)18)26-15-23-12-4-2-3-5-13(12)27-15/h2-8,25H,1H3,(H,22,24)/t16-/m1/s1. The Balaban J connectivity index is 1.76. The summed E-state index contributed by atoms with van der Waals surface area (Å²) >= 11 is 8.92. The van der Waals surface area contributed by atoms with Gasteiger partial charge in [-0.2, -0.15) is 13.2 Å². The molecule has 0 aliphatic rings. The second-order valence-electron chi connectivity index (χ2n) is 5.72. The molecule has 1 atom stereocenters. The molecule has 0 spiro atoms. The average Bonchev–Trinajstić information content (AvgIpc) is 2.98. The van der Waals surface area contributed by atoms with Gasteiger partial charge in [0.05, 0.1) is 20.9 Å². The number of alkyl halides is 3. The van der Waals surface area contributed by atoms with E-state index in [9.17, 15) is 23.1 Å². The highest BCUT2D eigenvalue weighted by atomic mass is 35.5. The molecule has 4 nitrogen and oxygen atoms in total. The third-order valence-electron chi connectivity index (χ3n) is 3.66. The van der Waals surface area contributed by atoms with Crippen LogP contribution in [-0.4, -0.2) is 27.8 Å². The van der Waals surface area contributed by atoms with Crippen molar-refractivity contribution in [2.24, 2.45) is 0 Å². The lowest BCUT2D eigenvalue weighted by molar-refractivity contribution is -0.242. The van der Waals surface area contributed by atoms with Gasteiger partial charge in [-0.3, -0.25) is 4.79 Å². The summed E-state index contributed by atoms with van der Waals surface area (Å²) in [6.45, 7) is 0.383. The summed E-state index contributed by atoms with van der Waals surface area (Å²) in [7, 11) is 0. The molecule has 1 aromatic heterocycles. The fourth-order valence-electron chi connectivity index (χ4n) is 2.03. The molecule has 1 amide bonds. The zero-order valence-electron chi connectivity index (χ0n) is 13.7. The van der Waals surface area contributed by atoms with Gasteiger partial charge in [-0.15, -0.1) is 11.3 Å². The molecule has 10 heteroatoms. The molecule has 0 bridgehead atoms. The van der Waals surface area contributed by atoms with Gasteiger partial charge in [0, 0.05) is 4.90 Å². The van der Waals surface area contributed by atoms with E-state index in [-0.39, 0.29) is 10.7 Å². The highest BCUT2D eigenvalue weighted by Crippen LogP contribution is 2.37. The number of anilines is 1. The molecule has 0 fully saturated rings. The predicted molar refractivity (Wildman–Crippen MR) is 101 cm³/mol. The number of carbonyl (C=O) groups excluding carboxylic acids is 1. The molecule has 0 aliphatic heterocycles. The number of carbonyl (C=O) groups is 1. The Morgan fingerprint density at radius 3 is 2.59 bits per heavy atom. The van der Waals surface area contributed by atoms with Crippen LogP contribution in [0.1, 0.15) is 6.92 Å². The number of benzene rings is 2. The number of hydrogen-bond donors (Lipinski definition) is 2. The second kappa shape index (κ2) is 7.31. The van der Waals surface area contributed by atoms with Crippen LogP contribution < -0.4 is 5.32 Å². The maximum atomic E-state index is 12.7. The maximum absolute atomic E-state index is 12.7. The van der Waals surface area contributed by atoms with Gasteiger partial charge < -0.3 is 10.4 Å². The molecule has 2 N–H and O–H groups in total. The summed E-state index contributed by atoms with van der Waals surface area (Å²) in [5, 5.41) is 11.5. The number of thiazole rings is 1. The number of nitrogens with one attached hydrogen (secondary N) is 1. The van der Waals surface area contributed by atoms with Crippen molar-refractivity contribution in [3.05, 3.63) is 47.5 Å². The Morgan fingerprint density at radius 2 is 1.96 bits per heavy atom. The first-order valence-electron chi connectivity index (χ1n) is 7.51. The topological polar surface area (TPSA) is 62.2 Å². The number of para-hydroxylation sites is 1. The largest absolute Gasteiger partial charge is 0.426 e. The van der Waals surface area contributed by atoms with E-state index >= 15 is 0 Å². The Hall–Kier alpha value is -1.81. The minimum absolute atomic E-state index is 0.0279. The van der Waals surface area contributed by atoms with Crippen LogP contribution in [0.15, 0.2) is 51.7 Å². The van der Waals surface area contributed by atoms with Crippen LogP contribution in [0.2, 0.25) is 5.02 Å². The summed E-state index contributed by atoms with van der Waals surface area (Å²) in [6.07, 6.45) is -5.10. The average molecular weight is 433 g/mol. The van der Waals surface area contributed by atoms with Crippen LogP contribution in [0, 0.1) is 0 Å². The summed E-state index contributed by atoms with van der Waals surface area (Å²) in [5.41, 5.74) is -2.68. The Morgan fingerprint density at radius 1 is 1.26 bits per heavy atom. The first-order valence-corrected chi connectivity index (χ1v) is 9.52. The Bertz CT molecular complexity index is 972. The van der Waals surface area contributed by atoms with Crippen LogP contribution in [0.5, 0.6) is 0 Å². The highest BCUT2D eigenvalue weighted by Gasteiger charge is 2.55. The van der Waals surface area contributed by atoms with Gasteiger partial charge in [-0.05, 0) is 37.3 Å². The molecule has 27 heavy (non-hydrogen) atoms. The van der Waals surface area contributed by atoms with E-state index in [0.717, 1.165) is 14.6 Å². The highest BCUT2D eigenvalue weighted by molar-refractivity contribution is 8.01. The van der Waals surface area contributed by atoms with Crippen LogP contribution in [-0.2, 0) is 4.79 Å². The van der Waals surface area contributed by atoms with Crippen LogP contribution in [0.4, 0.5) is 18.9 Å². The zero-order chi connectivity index (χ0) is 19.8. The number of halogens is 4. The third kappa shape index (κ3) is 4.21. The first kappa shape index (κ1) is 19.9. The molecular weight excluding hydrogens is 421 g/mol. The fraction of sp³-hybridized carbons (Fsp3) is 0.176. The van der Waals surface area contributed by atoms with E-state index in [4.69, 9.17) is 11.6 Å². The predicted octanol–water partition coefficient (Wildman–Crippen LogP) is 5.35. The zero-order valence-corrected chi connectivity index (χ0v) is 16.1. The molecule has 0 aliphatic carbocycles. The normalized spacial score (nSPS) is 14.1. The first-order chi connectivity index (χ1) is 12.6. The van der Waals surface area contributed by atoms with Crippen LogP contribution in [0.3, 0.4) is 0 Å². The lowest BCUT2D eigenvalue weighted by atomic mass is 10.1. The van der Waals surface area contributed by atoms with Gasteiger partial charge in [0.25, 0.3) is 5.91 Å². The van der Waals surface area contributed by atoms with Crippen molar-refractivity contribution in [2.75, 3.05) is 5.32 Å². The van der Waals surface area contributed by atoms with E-state index in [2.05, 4.69) is 4.98 Å². The van der Waals surface area contributed by atoms with E-state index in [1.54, 1.807) is 6.07 Å². The van der Waals surface area contributed by atoms with E-state index in [1.165, 1.54) is 35.2 Å². The number of hydrogen-bond acceptors (Lipinski definition) is 5. The Kier molecular flexibility index (Phi) is 5.40. The summed E-state index contributed by atoms with van der Waals surface area (Å²) in [6, 6.07) is 12.1. The quantitative estimate of drug-likeness (QED) is 0.583. The van der Waals surface area contributed by atoms with Gasteiger partial charge in [0.15, 0.2) is 4.34 Å². The molecule has 142 valence electrons. The molecule has 0 unspecified atom stereocenters. The number of aromatic nitrogens is 1. The van der Waals surface area contributed by atoms with Crippen molar-refractivity contribution in [3.63, 3.8) is 0 Å². The summed E-state index contributed by atoms with van der Waals surface area (Å²) < 4.78 is 40.0. The van der Waals surface area contributed by atoms with Crippen molar-refractivity contribution < 1.29 is 23.1 Å². The SMILES string of the molecule is C[C@@](O)(C(=O)Nc1ccc(Sc2nc3ccccc3s2)cc1Cl)C(F)(F)F. The minimum atomic E-state index is -5.10. The van der Waals surface area contributed by atoms with Gasteiger partial charge in [0.1, 0.15) is 0 Å². The van der Waals surface area contributed by atoms with Gasteiger partial charge in [0.2, 0.25) is 5.60 Å². The molecule has 3 aromatic rings. The maximum Gasteiger partial charge on any atom is 0.426 e. The van der Waals surface area contributed by atoms with Crippen molar-refractivity contribution in [2.45, 2.75) is 27.9 Å². The van der Waals surface area contributed by atoms with Gasteiger partial charge in [-0.1, -0.05) is 35.5 Å². The number of fused-ring (bicyclic) bond motifs is 1. The van der Waals surface area contributed by atoms with Gasteiger partial charge in [-0.25, -0.2) is 4.98 Å². The third-order valence-corrected chi connectivity index (χ3v) is 6.06. The van der Waals surface area contributed by atoms with Crippen molar-refractivity contribution >= 4 is 56.5 Å². The molecule has 2 aromatic carbocycles.